The van der Waals surface area contributed by atoms with Gasteiger partial charge in [0, 0.05) is 52.5 Å². The summed E-state index contributed by atoms with van der Waals surface area (Å²) in [5, 5.41) is 5.38. The van der Waals surface area contributed by atoms with Gasteiger partial charge in [0.2, 0.25) is 13.4 Å². The summed E-state index contributed by atoms with van der Waals surface area (Å²) in [6.45, 7) is 2.75. The van der Waals surface area contributed by atoms with Gasteiger partial charge in [-0.15, -0.1) is 0 Å². The van der Waals surface area contributed by atoms with E-state index >= 15 is 0 Å². The lowest BCUT2D eigenvalue weighted by molar-refractivity contribution is 1.17. The Hall–Kier alpha value is -5.03. The number of rotatable bonds is 0. The average Bonchev–Trinajstić information content (AvgIpc) is 3.68. The van der Waals surface area contributed by atoms with Gasteiger partial charge in [-0.25, -0.2) is 0 Å². The van der Waals surface area contributed by atoms with Gasteiger partial charge in [-0.05, 0) is 70.7 Å². The summed E-state index contributed by atoms with van der Waals surface area (Å²) in [7, 11) is 0. The van der Waals surface area contributed by atoms with E-state index < -0.39 is 0 Å². The molecule has 0 aliphatic carbocycles. The van der Waals surface area contributed by atoms with Crippen LogP contribution < -0.4 is 32.8 Å². The fourth-order valence-corrected chi connectivity index (χ4v) is 12.5. The van der Waals surface area contributed by atoms with E-state index in [1.807, 2.05) is 23.5 Å². The van der Waals surface area contributed by atoms with Gasteiger partial charge in [-0.2, -0.15) is 0 Å². The lowest BCUT2D eigenvalue weighted by atomic mass is 9.32. The monoisotopic (exact) mass is 654 g/mol. The summed E-state index contributed by atoms with van der Waals surface area (Å²) >= 11 is 3.98. The summed E-state index contributed by atoms with van der Waals surface area (Å²) in [4.78, 5) is 5.65. The Balaban J connectivity index is 1.15. The van der Waals surface area contributed by atoms with E-state index in [-0.39, 0.29) is 13.4 Å². The number of hydrogen-bond donors (Lipinski definition) is 0. The van der Waals surface area contributed by atoms with Crippen LogP contribution >= 0.6 is 23.5 Å². The van der Waals surface area contributed by atoms with E-state index in [4.69, 9.17) is 0 Å². The van der Waals surface area contributed by atoms with E-state index in [1.165, 1.54) is 113 Å². The summed E-state index contributed by atoms with van der Waals surface area (Å²) < 4.78 is 5.09. The van der Waals surface area contributed by atoms with Crippen molar-refractivity contribution in [1.82, 2.24) is 9.13 Å². The molecule has 0 unspecified atom stereocenters. The van der Waals surface area contributed by atoms with Crippen LogP contribution in [-0.4, -0.2) is 22.6 Å². The van der Waals surface area contributed by atoms with Crippen LogP contribution in [0, 0.1) is 6.92 Å². The predicted molar refractivity (Wildman–Crippen MR) is 210 cm³/mol. The molecule has 0 fully saturated rings. The Kier molecular flexibility index (Phi) is 4.63. The highest BCUT2D eigenvalue weighted by Crippen LogP contribution is 2.45. The van der Waals surface area contributed by atoms with Gasteiger partial charge in [-0.3, -0.25) is 0 Å². The normalized spacial score (nSPS) is 14.4. The molecular formula is C43H24B2N2S2. The number of hydrogen-bond acceptors (Lipinski definition) is 2. The third kappa shape index (κ3) is 2.93. The Bertz CT molecular complexity index is 2840. The lowest BCUT2D eigenvalue weighted by Crippen LogP contribution is -2.63. The molecule has 9 aromatic rings. The molecule has 0 bridgehead atoms. The minimum absolute atomic E-state index is 0.180. The molecule has 6 heterocycles. The Morgan fingerprint density at radius 2 is 0.898 bits per heavy atom. The van der Waals surface area contributed by atoms with Crippen molar-refractivity contribution in [3.05, 3.63) is 133 Å². The molecule has 49 heavy (non-hydrogen) atoms. The van der Waals surface area contributed by atoms with E-state index in [9.17, 15) is 0 Å². The van der Waals surface area contributed by atoms with Crippen molar-refractivity contribution in [1.29, 1.82) is 0 Å². The van der Waals surface area contributed by atoms with Crippen LogP contribution in [0.25, 0.3) is 55.0 Å². The first-order valence-electron chi connectivity index (χ1n) is 17.1. The summed E-state index contributed by atoms with van der Waals surface area (Å²) in [5.41, 5.74) is 18.1. The molecule has 2 nitrogen and oxygen atoms in total. The molecule has 4 aliphatic heterocycles. The minimum atomic E-state index is 0.180. The van der Waals surface area contributed by atoms with Crippen LogP contribution in [0.2, 0.25) is 0 Å². The molecule has 0 radical (unpaired) electrons. The number of nitrogens with zero attached hydrogens (tertiary/aromatic N) is 2. The number of aromatic nitrogens is 2. The van der Waals surface area contributed by atoms with Crippen LogP contribution in [0.5, 0.6) is 0 Å². The highest BCUT2D eigenvalue weighted by molar-refractivity contribution is 8.01. The maximum atomic E-state index is 2.64. The maximum Gasteiger partial charge on any atom is 0.249 e. The second-order valence-electron chi connectivity index (χ2n) is 14.0. The van der Waals surface area contributed by atoms with E-state index in [2.05, 4.69) is 143 Å². The van der Waals surface area contributed by atoms with Gasteiger partial charge < -0.3 is 9.13 Å². The second-order valence-corrected chi connectivity index (χ2v) is 16.1. The van der Waals surface area contributed by atoms with Crippen molar-refractivity contribution in [2.45, 2.75) is 26.5 Å². The highest BCUT2D eigenvalue weighted by Gasteiger charge is 2.44. The van der Waals surface area contributed by atoms with Crippen molar-refractivity contribution >= 4 is 113 Å². The third-order valence-electron chi connectivity index (χ3n) is 11.8. The van der Waals surface area contributed by atoms with Crippen LogP contribution in [0.1, 0.15) is 5.56 Å². The van der Waals surface area contributed by atoms with Gasteiger partial charge >= 0.3 is 0 Å². The van der Waals surface area contributed by atoms with E-state index in [0.717, 1.165) is 0 Å². The number of benzene rings is 7. The summed E-state index contributed by atoms with van der Waals surface area (Å²) in [6, 6.07) is 48.4. The molecule has 0 N–H and O–H groups in total. The Morgan fingerprint density at radius 1 is 0.449 bits per heavy atom. The highest BCUT2D eigenvalue weighted by atomic mass is 32.2. The maximum absolute atomic E-state index is 2.64. The molecule has 2 aromatic heterocycles. The number of fused-ring (bicyclic) bond motifs is 16. The first kappa shape index (κ1) is 25.9. The van der Waals surface area contributed by atoms with E-state index in [0.29, 0.717) is 0 Å². The van der Waals surface area contributed by atoms with Gasteiger partial charge in [-0.1, -0.05) is 125 Å². The second kappa shape index (κ2) is 8.76. The number of para-hydroxylation sites is 4. The average molecular weight is 654 g/mol. The summed E-state index contributed by atoms with van der Waals surface area (Å²) in [5.74, 6) is 0. The molecule has 13 rings (SSSR count). The van der Waals surface area contributed by atoms with Crippen molar-refractivity contribution in [3.8, 4) is 11.4 Å². The largest absolute Gasteiger partial charge is 0.310 e. The molecule has 0 atom stereocenters. The zero-order valence-electron chi connectivity index (χ0n) is 26.5. The van der Waals surface area contributed by atoms with Crippen molar-refractivity contribution < 1.29 is 0 Å². The van der Waals surface area contributed by atoms with Gasteiger partial charge in [0.05, 0.1) is 22.1 Å². The third-order valence-corrected chi connectivity index (χ3v) is 14.4. The van der Waals surface area contributed by atoms with Crippen molar-refractivity contribution in [2.24, 2.45) is 0 Å². The molecule has 0 amide bonds. The molecule has 0 saturated carbocycles. The van der Waals surface area contributed by atoms with Gasteiger partial charge in [0.15, 0.2) is 0 Å². The molecule has 0 saturated heterocycles. The van der Waals surface area contributed by atoms with Gasteiger partial charge in [0.25, 0.3) is 0 Å². The lowest BCUT2D eigenvalue weighted by Gasteiger charge is -2.37. The molecule has 224 valence electrons. The first-order chi connectivity index (χ1) is 24.3. The van der Waals surface area contributed by atoms with Crippen molar-refractivity contribution in [2.75, 3.05) is 0 Å². The van der Waals surface area contributed by atoms with Crippen LogP contribution in [-0.2, 0) is 0 Å². The van der Waals surface area contributed by atoms with Crippen LogP contribution in [0.15, 0.2) is 147 Å². The fraction of sp³-hybridized carbons (Fsp3) is 0.0233. The SMILES string of the molecule is Cc1c2c(cc3c1Sc1ccc4c5ccccc5n5c4c1B3c1ccccc1-5)B1c3ccccc3-n3c4ccccc4c4ccc(c1c43)S2. The fourth-order valence-electron chi connectivity index (χ4n) is 9.95. The van der Waals surface area contributed by atoms with Gasteiger partial charge in [0.1, 0.15) is 0 Å². The minimum Gasteiger partial charge on any atom is -0.310 e. The molecule has 0 spiro atoms. The topological polar surface area (TPSA) is 9.86 Å². The smallest absolute Gasteiger partial charge is 0.249 e. The standard InChI is InChI=1S/C43H24B2N2S2/c1-23-42-30(44-28-12-4-8-16-34(28)46-32-14-6-2-10-24(32)26-18-20-36(48-42)38(44)40(26)46)22-31-43(23)49-37-21-19-27-25-11-3-7-15-33(25)47-35-17-9-5-13-29(35)45(31)39(37)41(27)47/h2-22H,1H3. The zero-order chi connectivity index (χ0) is 31.7. The van der Waals surface area contributed by atoms with Crippen LogP contribution in [0.4, 0.5) is 0 Å². The predicted octanol–water partition coefficient (Wildman–Crippen LogP) is 6.78. The summed E-state index contributed by atoms with van der Waals surface area (Å²) in [6.07, 6.45) is 0. The molecular weight excluding hydrogens is 630 g/mol. The quantitative estimate of drug-likeness (QED) is 0.167. The molecule has 4 aliphatic rings. The first-order valence-corrected chi connectivity index (χ1v) is 18.7. The Morgan fingerprint density at radius 3 is 1.41 bits per heavy atom. The molecule has 7 aromatic carbocycles. The zero-order valence-corrected chi connectivity index (χ0v) is 28.1. The molecule has 6 heteroatoms. The van der Waals surface area contributed by atoms with E-state index in [1.54, 1.807) is 0 Å². The van der Waals surface area contributed by atoms with Crippen LogP contribution in [0.3, 0.4) is 0 Å². The van der Waals surface area contributed by atoms with Crippen molar-refractivity contribution in [3.63, 3.8) is 0 Å². The Labute approximate surface area is 291 Å².